The van der Waals surface area contributed by atoms with Crippen LogP contribution in [0.5, 0.6) is 0 Å². The second-order valence-electron chi connectivity index (χ2n) is 6.47. The molecule has 0 unspecified atom stereocenters. The van der Waals surface area contributed by atoms with E-state index in [1.807, 2.05) is 4.90 Å². The van der Waals surface area contributed by atoms with Gasteiger partial charge in [0.2, 0.25) is 5.91 Å². The molecule has 22 heavy (non-hydrogen) atoms. The molecule has 4 rings (SSSR count). The van der Waals surface area contributed by atoms with E-state index >= 15 is 0 Å². The maximum absolute atomic E-state index is 12.8. The number of hydrogen-bond donors (Lipinski definition) is 1. The number of likely N-dealkylation sites (tertiary alicyclic amines) is 1. The molecule has 1 amide bonds. The van der Waals surface area contributed by atoms with Crippen LogP contribution in [0.2, 0.25) is 0 Å². The molecule has 0 saturated carbocycles. The molecule has 0 bridgehead atoms. The molecule has 2 aromatic rings. The molecule has 2 fully saturated rings. The molecule has 0 spiro atoms. The first-order valence-corrected chi connectivity index (χ1v) is 8.34. The number of nitrogens with one attached hydrogen (secondary N) is 1. The van der Waals surface area contributed by atoms with Gasteiger partial charge in [0.05, 0.1) is 6.04 Å². The molecule has 2 heterocycles. The molecule has 2 aliphatic rings. The van der Waals surface area contributed by atoms with Gasteiger partial charge in [-0.15, -0.1) is 0 Å². The smallest absolute Gasteiger partial charge is 0.240 e. The number of carbonyl (C=O) groups is 1. The zero-order chi connectivity index (χ0) is 14.9. The van der Waals surface area contributed by atoms with Gasteiger partial charge < -0.3 is 10.2 Å². The predicted molar refractivity (Wildman–Crippen MR) is 88.9 cm³/mol. The number of benzene rings is 2. The lowest BCUT2D eigenvalue weighted by molar-refractivity contribution is -0.132. The van der Waals surface area contributed by atoms with E-state index in [1.165, 1.54) is 16.3 Å². The van der Waals surface area contributed by atoms with E-state index in [-0.39, 0.29) is 6.04 Å². The first kappa shape index (κ1) is 13.8. The SMILES string of the molecule is O=C([C@@H]1NCC[C@@H]1c1ccc2ccccc2c1)N1CCCC1. The van der Waals surface area contributed by atoms with E-state index < -0.39 is 0 Å². The molecule has 2 atom stereocenters. The molecular formula is C19H22N2O. The van der Waals surface area contributed by atoms with Gasteiger partial charge in [-0.1, -0.05) is 42.5 Å². The molecule has 3 nitrogen and oxygen atoms in total. The lowest BCUT2D eigenvalue weighted by atomic mass is 9.89. The second-order valence-corrected chi connectivity index (χ2v) is 6.47. The minimum Gasteiger partial charge on any atom is -0.341 e. The van der Waals surface area contributed by atoms with Crippen molar-refractivity contribution in [2.24, 2.45) is 0 Å². The van der Waals surface area contributed by atoms with Gasteiger partial charge >= 0.3 is 0 Å². The molecule has 0 radical (unpaired) electrons. The highest BCUT2D eigenvalue weighted by atomic mass is 16.2. The highest BCUT2D eigenvalue weighted by molar-refractivity contribution is 5.85. The number of carbonyl (C=O) groups excluding carboxylic acids is 1. The van der Waals surface area contributed by atoms with Crippen molar-refractivity contribution in [3.63, 3.8) is 0 Å². The standard InChI is InChI=1S/C19H22N2O/c22-19(21-11-3-4-12-21)18-17(9-10-20-18)16-8-7-14-5-1-2-6-15(14)13-16/h1-2,5-8,13,17-18,20H,3-4,9-12H2/t17-,18-/m1/s1. The van der Waals surface area contributed by atoms with Crippen LogP contribution in [-0.4, -0.2) is 36.5 Å². The van der Waals surface area contributed by atoms with Crippen LogP contribution >= 0.6 is 0 Å². The van der Waals surface area contributed by atoms with E-state index in [0.717, 1.165) is 38.9 Å². The summed E-state index contributed by atoms with van der Waals surface area (Å²) in [4.78, 5) is 14.8. The Labute approximate surface area is 131 Å². The third-order valence-corrected chi connectivity index (χ3v) is 5.11. The Bertz CT molecular complexity index is 691. The lowest BCUT2D eigenvalue weighted by Gasteiger charge is -2.25. The molecule has 2 aliphatic heterocycles. The quantitative estimate of drug-likeness (QED) is 0.923. The van der Waals surface area contributed by atoms with Crippen LogP contribution in [0.1, 0.15) is 30.7 Å². The van der Waals surface area contributed by atoms with Gasteiger partial charge in [-0.05, 0) is 42.1 Å². The summed E-state index contributed by atoms with van der Waals surface area (Å²) >= 11 is 0. The number of fused-ring (bicyclic) bond motifs is 1. The molecule has 3 heteroatoms. The Kier molecular flexibility index (Phi) is 3.59. The van der Waals surface area contributed by atoms with Crippen molar-refractivity contribution in [3.05, 3.63) is 48.0 Å². The maximum atomic E-state index is 12.8. The van der Waals surface area contributed by atoms with Crippen LogP contribution in [-0.2, 0) is 4.79 Å². The summed E-state index contributed by atoms with van der Waals surface area (Å²) < 4.78 is 0. The lowest BCUT2D eigenvalue weighted by Crippen LogP contribution is -2.44. The van der Waals surface area contributed by atoms with Crippen LogP contribution in [0.3, 0.4) is 0 Å². The number of nitrogens with zero attached hydrogens (tertiary/aromatic N) is 1. The zero-order valence-electron chi connectivity index (χ0n) is 12.8. The van der Waals surface area contributed by atoms with Crippen molar-refractivity contribution < 1.29 is 4.79 Å². The third kappa shape index (κ3) is 2.40. The fourth-order valence-corrected chi connectivity index (χ4v) is 3.89. The van der Waals surface area contributed by atoms with E-state index in [1.54, 1.807) is 0 Å². The van der Waals surface area contributed by atoms with Crippen LogP contribution in [0.4, 0.5) is 0 Å². The molecule has 114 valence electrons. The van der Waals surface area contributed by atoms with Gasteiger partial charge in [-0.3, -0.25) is 4.79 Å². The summed E-state index contributed by atoms with van der Waals surface area (Å²) in [6.07, 6.45) is 3.35. The van der Waals surface area contributed by atoms with Crippen LogP contribution in [0, 0.1) is 0 Å². The molecule has 1 N–H and O–H groups in total. The topological polar surface area (TPSA) is 32.3 Å². The van der Waals surface area contributed by atoms with Crippen molar-refractivity contribution in [3.8, 4) is 0 Å². The first-order chi connectivity index (χ1) is 10.8. The second kappa shape index (κ2) is 5.73. The van der Waals surface area contributed by atoms with E-state index in [0.29, 0.717) is 11.8 Å². The Morgan fingerprint density at radius 1 is 1.05 bits per heavy atom. The van der Waals surface area contributed by atoms with E-state index in [9.17, 15) is 4.79 Å². The Hall–Kier alpha value is -1.87. The zero-order valence-corrected chi connectivity index (χ0v) is 12.8. The monoisotopic (exact) mass is 294 g/mol. The third-order valence-electron chi connectivity index (χ3n) is 5.11. The highest BCUT2D eigenvalue weighted by Crippen LogP contribution is 2.31. The number of amides is 1. The summed E-state index contributed by atoms with van der Waals surface area (Å²) in [5.41, 5.74) is 1.29. The van der Waals surface area contributed by atoms with Crippen LogP contribution in [0.25, 0.3) is 10.8 Å². The minimum atomic E-state index is -0.0423. The summed E-state index contributed by atoms with van der Waals surface area (Å²) in [7, 11) is 0. The average Bonchev–Trinajstić information content (AvgIpc) is 3.25. The average molecular weight is 294 g/mol. The summed E-state index contributed by atoms with van der Waals surface area (Å²) in [6.45, 7) is 2.80. The Morgan fingerprint density at radius 2 is 1.82 bits per heavy atom. The number of rotatable bonds is 2. The van der Waals surface area contributed by atoms with Crippen molar-refractivity contribution >= 4 is 16.7 Å². The fraction of sp³-hybridized carbons (Fsp3) is 0.421. The van der Waals surface area contributed by atoms with Crippen LogP contribution in [0.15, 0.2) is 42.5 Å². The van der Waals surface area contributed by atoms with Crippen molar-refractivity contribution in [2.75, 3.05) is 19.6 Å². The van der Waals surface area contributed by atoms with Crippen molar-refractivity contribution in [2.45, 2.75) is 31.2 Å². The first-order valence-electron chi connectivity index (χ1n) is 8.34. The van der Waals surface area contributed by atoms with E-state index in [4.69, 9.17) is 0 Å². The van der Waals surface area contributed by atoms with Crippen molar-refractivity contribution in [1.82, 2.24) is 10.2 Å². The van der Waals surface area contributed by atoms with Gasteiger partial charge in [-0.2, -0.15) is 0 Å². The van der Waals surface area contributed by atoms with E-state index in [2.05, 4.69) is 47.8 Å². The number of hydrogen-bond acceptors (Lipinski definition) is 2. The summed E-state index contributed by atoms with van der Waals surface area (Å²) in [6, 6.07) is 15.0. The van der Waals surface area contributed by atoms with Gasteiger partial charge in [-0.25, -0.2) is 0 Å². The van der Waals surface area contributed by atoms with Gasteiger partial charge in [0.15, 0.2) is 0 Å². The highest BCUT2D eigenvalue weighted by Gasteiger charge is 2.36. The fourth-order valence-electron chi connectivity index (χ4n) is 3.89. The van der Waals surface area contributed by atoms with Crippen molar-refractivity contribution in [1.29, 1.82) is 0 Å². The summed E-state index contributed by atoms with van der Waals surface area (Å²) in [5, 5.41) is 5.97. The molecule has 0 aliphatic carbocycles. The summed E-state index contributed by atoms with van der Waals surface area (Å²) in [5.74, 6) is 0.603. The molecule has 0 aromatic heterocycles. The largest absolute Gasteiger partial charge is 0.341 e. The maximum Gasteiger partial charge on any atom is 0.240 e. The molecule has 2 aromatic carbocycles. The van der Waals surface area contributed by atoms with Gasteiger partial charge in [0.1, 0.15) is 0 Å². The van der Waals surface area contributed by atoms with Gasteiger partial charge in [0.25, 0.3) is 0 Å². The normalized spacial score (nSPS) is 25.0. The van der Waals surface area contributed by atoms with Crippen LogP contribution < -0.4 is 5.32 Å². The Morgan fingerprint density at radius 3 is 2.64 bits per heavy atom. The molecular weight excluding hydrogens is 272 g/mol. The van der Waals surface area contributed by atoms with Gasteiger partial charge in [0, 0.05) is 19.0 Å². The predicted octanol–water partition coefficient (Wildman–Crippen LogP) is 2.91. The molecule has 2 saturated heterocycles. The minimum absolute atomic E-state index is 0.0423. The Balaban J connectivity index is 1.62.